The number of hydrogen-bond acceptors (Lipinski definition) is 7. The summed E-state index contributed by atoms with van der Waals surface area (Å²) in [4.78, 5) is 38.4. The molecule has 0 aliphatic rings. The summed E-state index contributed by atoms with van der Waals surface area (Å²) in [6, 6.07) is 16.7. The number of carbonyl (C=O) groups is 3. The minimum atomic E-state index is -0.992. The zero-order valence-corrected chi connectivity index (χ0v) is 17.6. The van der Waals surface area contributed by atoms with Gasteiger partial charge in [0.05, 0.1) is 25.3 Å². The second-order valence-corrected chi connectivity index (χ2v) is 7.00. The lowest BCUT2D eigenvalue weighted by Gasteiger charge is -2.17. The molecule has 7 nitrogen and oxygen atoms in total. The third-order valence-electron chi connectivity index (χ3n) is 5.08. The van der Waals surface area contributed by atoms with Crippen molar-refractivity contribution in [2.75, 3.05) is 14.2 Å². The van der Waals surface area contributed by atoms with Crippen molar-refractivity contribution in [3.8, 4) is 11.5 Å². The Balaban J connectivity index is 2.22. The molecule has 0 spiro atoms. The van der Waals surface area contributed by atoms with Crippen molar-refractivity contribution in [1.82, 2.24) is 0 Å². The summed E-state index contributed by atoms with van der Waals surface area (Å²) in [6.07, 6.45) is 0.791. The number of ether oxygens (including phenoxy) is 2. The number of benzene rings is 3. The van der Waals surface area contributed by atoms with E-state index < -0.39 is 34.6 Å². The van der Waals surface area contributed by atoms with Crippen molar-refractivity contribution in [2.24, 2.45) is 0 Å². The van der Waals surface area contributed by atoms with E-state index in [2.05, 4.69) is 0 Å². The molecule has 0 saturated heterocycles. The van der Waals surface area contributed by atoms with E-state index in [1.165, 1.54) is 18.2 Å². The number of para-hydroxylation sites is 1. The number of hydrogen-bond donors (Lipinski definition) is 2. The average molecular weight is 434 g/mol. The predicted octanol–water partition coefficient (Wildman–Crippen LogP) is 3.69. The summed E-state index contributed by atoms with van der Waals surface area (Å²) < 4.78 is 9.55. The maximum Gasteiger partial charge on any atom is 0.342 e. The quantitative estimate of drug-likeness (QED) is 0.431. The Labute approximate surface area is 184 Å². The lowest BCUT2D eigenvalue weighted by molar-refractivity contribution is 0.0550. The Morgan fingerprint density at radius 1 is 0.750 bits per heavy atom. The molecule has 0 aliphatic carbocycles. The van der Waals surface area contributed by atoms with Gasteiger partial charge in [-0.25, -0.2) is 9.59 Å². The van der Waals surface area contributed by atoms with Crippen LogP contribution in [0, 0.1) is 0 Å². The summed E-state index contributed by atoms with van der Waals surface area (Å²) in [7, 11) is 2.20. The van der Waals surface area contributed by atoms with Gasteiger partial charge in [-0.3, -0.25) is 4.79 Å². The van der Waals surface area contributed by atoms with Gasteiger partial charge >= 0.3 is 11.9 Å². The van der Waals surface area contributed by atoms with Crippen LogP contribution in [-0.4, -0.2) is 42.2 Å². The second-order valence-electron chi connectivity index (χ2n) is 7.00. The lowest BCUT2D eigenvalue weighted by Crippen LogP contribution is -2.19. The van der Waals surface area contributed by atoms with Crippen molar-refractivity contribution in [1.29, 1.82) is 0 Å². The van der Waals surface area contributed by atoms with Crippen molar-refractivity contribution in [2.45, 2.75) is 12.8 Å². The Morgan fingerprint density at radius 2 is 1.34 bits per heavy atom. The highest BCUT2D eigenvalue weighted by Gasteiger charge is 2.32. The number of methoxy groups -OCH3 is 2. The average Bonchev–Trinajstić information content (AvgIpc) is 2.82. The number of aryl methyl sites for hydroxylation is 2. The Kier molecular flexibility index (Phi) is 6.90. The van der Waals surface area contributed by atoms with Gasteiger partial charge in [0.15, 0.2) is 5.78 Å². The van der Waals surface area contributed by atoms with Gasteiger partial charge in [-0.2, -0.15) is 0 Å². The fourth-order valence-electron chi connectivity index (χ4n) is 3.45. The van der Waals surface area contributed by atoms with Crippen LogP contribution in [0.15, 0.2) is 60.7 Å². The maximum absolute atomic E-state index is 13.3. The number of phenolic OH excluding ortho intramolecular Hbond substituents is 2. The van der Waals surface area contributed by atoms with E-state index >= 15 is 0 Å². The van der Waals surface area contributed by atoms with Gasteiger partial charge in [-0.1, -0.05) is 42.5 Å². The van der Waals surface area contributed by atoms with E-state index in [1.807, 2.05) is 30.3 Å². The summed E-state index contributed by atoms with van der Waals surface area (Å²) >= 11 is 0. The zero-order valence-electron chi connectivity index (χ0n) is 17.6. The molecule has 7 heteroatoms. The van der Waals surface area contributed by atoms with Crippen LogP contribution >= 0.6 is 0 Å². The minimum absolute atomic E-state index is 0.0619. The summed E-state index contributed by atoms with van der Waals surface area (Å²) in [5.74, 6) is -3.42. The smallest absolute Gasteiger partial charge is 0.342 e. The van der Waals surface area contributed by atoms with Crippen molar-refractivity contribution in [3.05, 3.63) is 94.0 Å². The van der Waals surface area contributed by atoms with Crippen LogP contribution in [0.1, 0.15) is 47.8 Å². The van der Waals surface area contributed by atoms with Gasteiger partial charge in [-0.05, 0) is 42.2 Å². The molecule has 3 aromatic carbocycles. The first-order chi connectivity index (χ1) is 15.4. The van der Waals surface area contributed by atoms with Gasteiger partial charge in [0.25, 0.3) is 0 Å². The summed E-state index contributed by atoms with van der Waals surface area (Å²) in [5.41, 5.74) is 0.142. The first-order valence-corrected chi connectivity index (χ1v) is 9.81. The molecule has 0 atom stereocenters. The molecule has 32 heavy (non-hydrogen) atoms. The molecule has 3 rings (SSSR count). The Bertz CT molecular complexity index is 1170. The van der Waals surface area contributed by atoms with E-state index in [4.69, 9.17) is 9.47 Å². The maximum atomic E-state index is 13.3. The van der Waals surface area contributed by atoms with E-state index in [9.17, 15) is 24.6 Å². The molecular weight excluding hydrogens is 412 g/mol. The number of ketones is 1. The van der Waals surface area contributed by atoms with Gasteiger partial charge < -0.3 is 19.7 Å². The molecule has 2 N–H and O–H groups in total. The van der Waals surface area contributed by atoms with Crippen molar-refractivity contribution < 1.29 is 34.1 Å². The van der Waals surface area contributed by atoms with Crippen LogP contribution in [0.25, 0.3) is 0 Å². The second kappa shape index (κ2) is 9.78. The van der Waals surface area contributed by atoms with E-state index in [-0.39, 0.29) is 28.9 Å². The number of carbonyl (C=O) groups excluding carboxylic acids is 3. The van der Waals surface area contributed by atoms with Crippen LogP contribution in [0.2, 0.25) is 0 Å². The number of phenols is 2. The van der Waals surface area contributed by atoms with Gasteiger partial charge in [0.1, 0.15) is 17.1 Å². The Hall–Kier alpha value is -4.13. The first kappa shape index (κ1) is 22.6. The van der Waals surface area contributed by atoms with Crippen molar-refractivity contribution >= 4 is 17.7 Å². The summed E-state index contributed by atoms with van der Waals surface area (Å²) in [6.45, 7) is 0. The fourth-order valence-corrected chi connectivity index (χ4v) is 3.45. The molecule has 164 valence electrons. The molecule has 0 unspecified atom stereocenters. The normalized spacial score (nSPS) is 10.4. The molecule has 0 heterocycles. The van der Waals surface area contributed by atoms with E-state index in [0.717, 1.165) is 19.8 Å². The first-order valence-electron chi connectivity index (χ1n) is 9.81. The number of esters is 2. The molecule has 0 aromatic heterocycles. The third kappa shape index (κ3) is 4.46. The predicted molar refractivity (Wildman–Crippen MR) is 116 cm³/mol. The highest BCUT2D eigenvalue weighted by molar-refractivity contribution is 6.19. The number of rotatable bonds is 7. The van der Waals surface area contributed by atoms with Gasteiger partial charge in [-0.15, -0.1) is 0 Å². The standard InChI is InChI=1S/C25H22O7/c1-31-24(29)20-18(23(28)17-10-6-7-11-19(17)26)14-16(22(27)21(20)25(30)32-2)13-12-15-8-4-3-5-9-15/h3-11,14,26-27H,12-13H2,1-2H3. The Morgan fingerprint density at radius 3 is 1.97 bits per heavy atom. The fraction of sp³-hybridized carbons (Fsp3) is 0.160. The highest BCUT2D eigenvalue weighted by atomic mass is 16.5. The molecule has 0 amide bonds. The molecule has 0 bridgehead atoms. The zero-order chi connectivity index (χ0) is 23.3. The number of aromatic hydroxyl groups is 2. The molecule has 3 aromatic rings. The lowest BCUT2D eigenvalue weighted by atomic mass is 9.89. The van der Waals surface area contributed by atoms with E-state index in [1.54, 1.807) is 12.1 Å². The van der Waals surface area contributed by atoms with Crippen LogP contribution in [-0.2, 0) is 22.3 Å². The van der Waals surface area contributed by atoms with Crippen molar-refractivity contribution in [3.63, 3.8) is 0 Å². The molecule has 0 aliphatic heterocycles. The van der Waals surface area contributed by atoms with E-state index in [0.29, 0.717) is 6.42 Å². The van der Waals surface area contributed by atoms with Gasteiger partial charge in [0, 0.05) is 5.56 Å². The highest BCUT2D eigenvalue weighted by Crippen LogP contribution is 2.34. The van der Waals surface area contributed by atoms with Crippen LogP contribution in [0.5, 0.6) is 11.5 Å². The molecule has 0 saturated carbocycles. The molecule has 0 fully saturated rings. The SMILES string of the molecule is COC(=O)c1c(C(=O)c2ccccc2O)cc(CCc2ccccc2)c(O)c1C(=O)OC. The minimum Gasteiger partial charge on any atom is -0.507 e. The monoisotopic (exact) mass is 434 g/mol. The third-order valence-corrected chi connectivity index (χ3v) is 5.08. The van der Waals surface area contributed by atoms with Gasteiger partial charge in [0.2, 0.25) is 0 Å². The largest absolute Gasteiger partial charge is 0.507 e. The molecule has 0 radical (unpaired) electrons. The molecular formula is C25H22O7. The van der Waals surface area contributed by atoms with Crippen LogP contribution in [0.3, 0.4) is 0 Å². The summed E-state index contributed by atoms with van der Waals surface area (Å²) in [5, 5.41) is 21.0. The topological polar surface area (TPSA) is 110 Å². The van der Waals surface area contributed by atoms with Crippen LogP contribution in [0.4, 0.5) is 0 Å². The van der Waals surface area contributed by atoms with Crippen LogP contribution < -0.4 is 0 Å².